The van der Waals surface area contributed by atoms with Crippen molar-refractivity contribution in [3.8, 4) is 5.75 Å². The van der Waals surface area contributed by atoms with Gasteiger partial charge in [0.1, 0.15) is 5.75 Å². The molecule has 1 atom stereocenters. The molecule has 0 amide bonds. The van der Waals surface area contributed by atoms with Crippen molar-refractivity contribution in [1.29, 1.82) is 0 Å². The van der Waals surface area contributed by atoms with Gasteiger partial charge in [0.25, 0.3) is 0 Å². The molecule has 1 N–H and O–H groups in total. The van der Waals surface area contributed by atoms with Crippen LogP contribution in [0.5, 0.6) is 5.75 Å². The number of hydrogen-bond acceptors (Lipinski definition) is 3. The summed E-state index contributed by atoms with van der Waals surface area (Å²) in [4.78, 5) is 11.0. The maximum atomic E-state index is 10.8. The molecule has 4 nitrogen and oxygen atoms in total. The minimum absolute atomic E-state index is 0.180. The largest absolute Gasteiger partial charge is 0.423 e. The summed E-state index contributed by atoms with van der Waals surface area (Å²) in [6.45, 7) is 3.23. The highest BCUT2D eigenvalue weighted by Crippen LogP contribution is 2.15. The Hall–Kier alpha value is -1.46. The highest BCUT2D eigenvalue weighted by Gasteiger charge is 2.03. The van der Waals surface area contributed by atoms with Crippen LogP contribution in [-0.4, -0.2) is 14.7 Å². The van der Waals surface area contributed by atoms with Crippen molar-refractivity contribution < 1.29 is 18.3 Å². The maximum Gasteiger partial charge on any atom is 0.335 e. The van der Waals surface area contributed by atoms with E-state index in [0.29, 0.717) is 0 Å². The van der Waals surface area contributed by atoms with E-state index in [4.69, 9.17) is 9.29 Å². The Morgan fingerprint density at radius 1 is 1.57 bits per heavy atom. The van der Waals surface area contributed by atoms with Gasteiger partial charge in [-0.1, -0.05) is 12.6 Å². The van der Waals surface area contributed by atoms with Gasteiger partial charge in [0.05, 0.1) is 4.90 Å². The van der Waals surface area contributed by atoms with E-state index in [9.17, 15) is 9.00 Å². The van der Waals surface area contributed by atoms with E-state index in [2.05, 4.69) is 6.58 Å². The van der Waals surface area contributed by atoms with E-state index in [1.807, 2.05) is 0 Å². The van der Waals surface area contributed by atoms with Crippen LogP contribution >= 0.6 is 0 Å². The zero-order chi connectivity index (χ0) is 10.6. The molecule has 0 spiro atoms. The fraction of sp³-hybridized carbons (Fsp3) is 0. The highest BCUT2D eigenvalue weighted by molar-refractivity contribution is 7.79. The van der Waals surface area contributed by atoms with E-state index >= 15 is 0 Å². The third-order valence-electron chi connectivity index (χ3n) is 1.39. The Bertz CT molecular complexity index is 386. The van der Waals surface area contributed by atoms with E-state index < -0.39 is 17.0 Å². The van der Waals surface area contributed by atoms with Crippen molar-refractivity contribution in [2.24, 2.45) is 0 Å². The van der Waals surface area contributed by atoms with Gasteiger partial charge in [-0.3, -0.25) is 0 Å². The number of esters is 1. The summed E-state index contributed by atoms with van der Waals surface area (Å²) in [6, 6.07) is 5.81. The standard InChI is InChI=1S/C9H8O4S/c1-2-9(10)13-7-4-3-5-8(6-7)14(11)12/h2-6H,1H2,(H,11,12). The topological polar surface area (TPSA) is 63.6 Å². The van der Waals surface area contributed by atoms with Gasteiger partial charge in [-0.05, 0) is 18.2 Å². The molecule has 0 radical (unpaired) electrons. The van der Waals surface area contributed by atoms with Crippen LogP contribution in [0, 0.1) is 0 Å². The van der Waals surface area contributed by atoms with E-state index in [-0.39, 0.29) is 10.6 Å². The molecule has 5 heteroatoms. The first-order valence-electron chi connectivity index (χ1n) is 3.68. The van der Waals surface area contributed by atoms with E-state index in [0.717, 1.165) is 6.08 Å². The minimum Gasteiger partial charge on any atom is -0.423 e. The Balaban J connectivity index is 2.88. The first-order valence-corrected chi connectivity index (χ1v) is 4.79. The number of benzene rings is 1. The number of carbonyl (C=O) groups excluding carboxylic acids is 1. The third-order valence-corrected chi connectivity index (χ3v) is 2.05. The average molecular weight is 212 g/mol. The van der Waals surface area contributed by atoms with Crippen molar-refractivity contribution in [3.63, 3.8) is 0 Å². The molecule has 0 saturated carbocycles. The fourth-order valence-corrected chi connectivity index (χ4v) is 1.22. The molecule has 0 fully saturated rings. The molecule has 1 rings (SSSR count). The van der Waals surface area contributed by atoms with Crippen molar-refractivity contribution >= 4 is 17.0 Å². The third kappa shape index (κ3) is 2.79. The molecule has 0 aromatic heterocycles. The number of ether oxygens (including phenoxy) is 1. The Morgan fingerprint density at radius 3 is 2.86 bits per heavy atom. The van der Waals surface area contributed by atoms with Crippen LogP contribution in [-0.2, 0) is 15.9 Å². The van der Waals surface area contributed by atoms with Crippen LogP contribution in [0.1, 0.15) is 0 Å². The van der Waals surface area contributed by atoms with Crippen LogP contribution < -0.4 is 4.74 Å². The van der Waals surface area contributed by atoms with E-state index in [1.54, 1.807) is 0 Å². The molecular formula is C9H8O4S. The molecule has 1 unspecified atom stereocenters. The maximum absolute atomic E-state index is 10.8. The average Bonchev–Trinajstić information content (AvgIpc) is 2.18. The quantitative estimate of drug-likeness (QED) is 0.355. The van der Waals surface area contributed by atoms with Gasteiger partial charge in [-0.15, -0.1) is 0 Å². The summed E-state index contributed by atoms with van der Waals surface area (Å²) >= 11 is -2.07. The highest BCUT2D eigenvalue weighted by atomic mass is 32.2. The molecule has 0 heterocycles. The predicted molar refractivity (Wildman–Crippen MR) is 51.3 cm³/mol. The normalized spacial score (nSPS) is 11.8. The van der Waals surface area contributed by atoms with Crippen LogP contribution in [0.2, 0.25) is 0 Å². The summed E-state index contributed by atoms with van der Waals surface area (Å²) in [5.74, 6) is -0.388. The van der Waals surface area contributed by atoms with Crippen LogP contribution in [0.3, 0.4) is 0 Å². The van der Waals surface area contributed by atoms with Crippen LogP contribution in [0.25, 0.3) is 0 Å². The lowest BCUT2D eigenvalue weighted by atomic mass is 10.3. The van der Waals surface area contributed by atoms with Gasteiger partial charge in [0.2, 0.25) is 0 Å². The molecule has 0 aliphatic rings. The summed E-state index contributed by atoms with van der Waals surface area (Å²) < 4.78 is 24.2. The SMILES string of the molecule is C=CC(=O)Oc1cccc(S(=O)O)c1. The van der Waals surface area contributed by atoms with Crippen molar-refractivity contribution in [2.75, 3.05) is 0 Å². The molecule has 1 aromatic rings. The van der Waals surface area contributed by atoms with Gasteiger partial charge in [-0.25, -0.2) is 9.00 Å². The first kappa shape index (κ1) is 10.6. The van der Waals surface area contributed by atoms with Gasteiger partial charge in [0, 0.05) is 6.08 Å². The molecule has 0 saturated heterocycles. The first-order chi connectivity index (χ1) is 6.63. The molecular weight excluding hydrogens is 204 g/mol. The van der Waals surface area contributed by atoms with Gasteiger partial charge in [-0.2, -0.15) is 0 Å². The molecule has 74 valence electrons. The van der Waals surface area contributed by atoms with Crippen molar-refractivity contribution in [1.82, 2.24) is 0 Å². The molecule has 0 aliphatic carbocycles. The summed E-state index contributed by atoms with van der Waals surface area (Å²) in [7, 11) is 0. The lowest BCUT2D eigenvalue weighted by Crippen LogP contribution is -2.03. The zero-order valence-electron chi connectivity index (χ0n) is 7.17. The van der Waals surface area contributed by atoms with Gasteiger partial charge >= 0.3 is 5.97 Å². The molecule has 1 aromatic carbocycles. The Labute approximate surface area is 83.5 Å². The fourth-order valence-electron chi connectivity index (χ4n) is 0.804. The predicted octanol–water partition coefficient (Wildman–Crippen LogP) is 1.36. The van der Waals surface area contributed by atoms with Crippen LogP contribution in [0.15, 0.2) is 41.8 Å². The van der Waals surface area contributed by atoms with Crippen LogP contribution in [0.4, 0.5) is 0 Å². The lowest BCUT2D eigenvalue weighted by Gasteiger charge is -2.01. The summed E-state index contributed by atoms with van der Waals surface area (Å²) in [5, 5.41) is 0. The number of rotatable bonds is 3. The molecule has 0 aliphatic heterocycles. The number of carbonyl (C=O) groups is 1. The van der Waals surface area contributed by atoms with Gasteiger partial charge < -0.3 is 9.29 Å². The second-order valence-corrected chi connectivity index (χ2v) is 3.32. The monoisotopic (exact) mass is 212 g/mol. The zero-order valence-corrected chi connectivity index (χ0v) is 7.99. The van der Waals surface area contributed by atoms with Crippen molar-refractivity contribution in [3.05, 3.63) is 36.9 Å². The van der Waals surface area contributed by atoms with Gasteiger partial charge in [0.15, 0.2) is 11.1 Å². The second kappa shape index (κ2) is 4.69. The summed E-state index contributed by atoms with van der Waals surface area (Å²) in [5.41, 5.74) is 0. The Kier molecular flexibility index (Phi) is 3.55. The van der Waals surface area contributed by atoms with Crippen molar-refractivity contribution in [2.45, 2.75) is 4.90 Å². The smallest absolute Gasteiger partial charge is 0.335 e. The second-order valence-electron chi connectivity index (χ2n) is 2.35. The minimum atomic E-state index is -2.07. The number of hydrogen-bond donors (Lipinski definition) is 1. The summed E-state index contributed by atoms with van der Waals surface area (Å²) in [6.07, 6.45) is 1.02. The molecule has 0 bridgehead atoms. The van der Waals surface area contributed by atoms with E-state index in [1.165, 1.54) is 24.3 Å². The lowest BCUT2D eigenvalue weighted by molar-refractivity contribution is -0.128. The Morgan fingerprint density at radius 2 is 2.29 bits per heavy atom. The molecule has 14 heavy (non-hydrogen) atoms.